The maximum Gasteiger partial charge on any atom is 0.262 e. The van der Waals surface area contributed by atoms with Gasteiger partial charge in [0.2, 0.25) is 5.78 Å². The molecular weight excluding hydrogens is 448 g/mol. The van der Waals surface area contributed by atoms with Crippen LogP contribution < -0.4 is 0 Å². The third kappa shape index (κ3) is 2.39. The van der Waals surface area contributed by atoms with Gasteiger partial charge in [-0.25, -0.2) is 0 Å². The lowest BCUT2D eigenvalue weighted by Crippen LogP contribution is -2.61. The first-order valence-electron chi connectivity index (χ1n) is 11.2. The molecule has 164 valence electrons. The number of carbonyl (C=O) groups is 1. The molecule has 2 fully saturated rings. The number of hydrogen-bond acceptors (Lipinski definition) is 5. The number of rotatable bonds is 2. The molecule has 2 aliphatic carbocycles. The molecule has 5 aliphatic rings. The molecule has 3 heterocycles. The standard InChI is InChI=1S/C28H22O3S2/c1-26-19(15-21(32-26)17-9-5-3-6-10-17)23-24(28(25(23)29)30-13-14-31-28)20-16-22(33-27(20,26)2)18-11-7-4-8-12-18/h3-12,15-16H,13-14H2,1-2H3/t26-,27-/m1/s1. The van der Waals surface area contributed by atoms with Gasteiger partial charge in [-0.15, -0.1) is 23.5 Å². The topological polar surface area (TPSA) is 35.5 Å². The highest BCUT2D eigenvalue weighted by atomic mass is 32.2. The molecule has 2 aromatic carbocycles. The van der Waals surface area contributed by atoms with E-state index in [1.807, 2.05) is 35.7 Å². The highest BCUT2D eigenvalue weighted by molar-refractivity contribution is 8.14. The van der Waals surface area contributed by atoms with Gasteiger partial charge in [-0.2, -0.15) is 0 Å². The Hall–Kier alpha value is -2.31. The Morgan fingerprint density at radius 2 is 1.21 bits per heavy atom. The van der Waals surface area contributed by atoms with Crippen LogP contribution in [-0.2, 0) is 14.3 Å². The van der Waals surface area contributed by atoms with Crippen molar-refractivity contribution < 1.29 is 14.3 Å². The fraction of sp³-hybridized carbons (Fsp3) is 0.250. The van der Waals surface area contributed by atoms with E-state index in [1.54, 1.807) is 0 Å². The van der Waals surface area contributed by atoms with E-state index in [0.717, 1.165) is 16.7 Å². The summed E-state index contributed by atoms with van der Waals surface area (Å²) in [6.45, 7) is 5.51. The average Bonchev–Trinajstić information content (AvgIpc) is 3.56. The van der Waals surface area contributed by atoms with Crippen LogP contribution in [0.3, 0.4) is 0 Å². The highest BCUT2D eigenvalue weighted by Crippen LogP contribution is 2.72. The predicted molar refractivity (Wildman–Crippen MR) is 135 cm³/mol. The summed E-state index contributed by atoms with van der Waals surface area (Å²) >= 11 is 3.77. The summed E-state index contributed by atoms with van der Waals surface area (Å²) in [6.07, 6.45) is 4.51. The molecule has 33 heavy (non-hydrogen) atoms. The van der Waals surface area contributed by atoms with Crippen molar-refractivity contribution in [1.29, 1.82) is 0 Å². The van der Waals surface area contributed by atoms with Gasteiger partial charge in [0.1, 0.15) is 0 Å². The third-order valence-corrected chi connectivity index (χ3v) is 10.9. The fourth-order valence-electron chi connectivity index (χ4n) is 5.72. The molecule has 2 atom stereocenters. The first-order chi connectivity index (χ1) is 16.0. The lowest BCUT2D eigenvalue weighted by molar-refractivity contribution is -0.173. The van der Waals surface area contributed by atoms with Crippen molar-refractivity contribution in [3.8, 4) is 0 Å². The summed E-state index contributed by atoms with van der Waals surface area (Å²) in [4.78, 5) is 16.0. The van der Waals surface area contributed by atoms with Crippen molar-refractivity contribution in [3.63, 3.8) is 0 Å². The number of ketones is 1. The Labute approximate surface area is 201 Å². The van der Waals surface area contributed by atoms with Crippen molar-refractivity contribution in [2.45, 2.75) is 29.1 Å². The van der Waals surface area contributed by atoms with Crippen LogP contribution in [-0.4, -0.2) is 34.3 Å². The smallest absolute Gasteiger partial charge is 0.262 e. The second-order valence-corrected chi connectivity index (χ2v) is 12.2. The molecule has 0 amide bonds. The molecule has 1 saturated heterocycles. The van der Waals surface area contributed by atoms with Crippen LogP contribution in [0.25, 0.3) is 9.81 Å². The molecular formula is C28H22O3S2. The molecule has 7 rings (SSSR count). The van der Waals surface area contributed by atoms with E-state index in [0.29, 0.717) is 13.2 Å². The molecule has 3 nitrogen and oxygen atoms in total. The Balaban J connectivity index is 1.46. The minimum atomic E-state index is -1.22. The molecule has 0 bridgehead atoms. The normalized spacial score (nSPS) is 31.3. The van der Waals surface area contributed by atoms with Gasteiger partial charge in [0.25, 0.3) is 5.79 Å². The van der Waals surface area contributed by atoms with Gasteiger partial charge in [-0.05, 0) is 48.3 Å². The van der Waals surface area contributed by atoms with Crippen molar-refractivity contribution in [3.05, 3.63) is 106 Å². The van der Waals surface area contributed by atoms with Crippen LogP contribution in [0, 0.1) is 0 Å². The summed E-state index contributed by atoms with van der Waals surface area (Å²) < 4.78 is 11.5. The SMILES string of the molecule is C[C@@]12SC(c3ccccc3)=CC1=C1C(=O)C3(OCCO3)C1=C1C=C(c3ccccc3)S[C@]12C. The van der Waals surface area contributed by atoms with Crippen LogP contribution in [0.15, 0.2) is 95.1 Å². The Bertz CT molecular complexity index is 1350. The molecule has 0 N–H and O–H groups in total. The minimum absolute atomic E-state index is 0.0245. The number of allylic oxidation sites excluding steroid dienone is 2. The Morgan fingerprint density at radius 1 is 0.727 bits per heavy atom. The first kappa shape index (κ1) is 20.1. The molecule has 1 saturated carbocycles. The lowest BCUT2D eigenvalue weighted by atomic mass is 9.61. The highest BCUT2D eigenvalue weighted by Gasteiger charge is 2.70. The van der Waals surface area contributed by atoms with Crippen molar-refractivity contribution in [2.24, 2.45) is 0 Å². The van der Waals surface area contributed by atoms with E-state index < -0.39 is 5.79 Å². The maximum absolute atomic E-state index is 13.6. The fourth-order valence-corrected chi connectivity index (χ4v) is 8.86. The second-order valence-electron chi connectivity index (χ2n) is 9.24. The first-order valence-corrected chi connectivity index (χ1v) is 12.9. The molecule has 1 spiro atoms. The molecule has 5 heteroatoms. The van der Waals surface area contributed by atoms with Crippen LogP contribution in [0.5, 0.6) is 0 Å². The van der Waals surface area contributed by atoms with Gasteiger partial charge in [0.15, 0.2) is 0 Å². The zero-order valence-electron chi connectivity index (χ0n) is 18.4. The zero-order valence-corrected chi connectivity index (χ0v) is 20.0. The van der Waals surface area contributed by atoms with Gasteiger partial charge < -0.3 is 9.47 Å². The van der Waals surface area contributed by atoms with Crippen LogP contribution in [0.2, 0.25) is 0 Å². The van der Waals surface area contributed by atoms with E-state index in [1.165, 1.54) is 26.5 Å². The summed E-state index contributed by atoms with van der Waals surface area (Å²) in [6, 6.07) is 21.0. The van der Waals surface area contributed by atoms with Crippen molar-refractivity contribution in [1.82, 2.24) is 0 Å². The third-order valence-electron chi connectivity index (χ3n) is 7.57. The van der Waals surface area contributed by atoms with Gasteiger partial charge in [-0.3, -0.25) is 4.79 Å². The van der Waals surface area contributed by atoms with E-state index in [-0.39, 0.29) is 15.3 Å². The number of benzene rings is 2. The Morgan fingerprint density at radius 3 is 1.76 bits per heavy atom. The number of fused-ring (bicyclic) bond motifs is 5. The average molecular weight is 471 g/mol. The van der Waals surface area contributed by atoms with Crippen molar-refractivity contribution >= 4 is 39.1 Å². The largest absolute Gasteiger partial charge is 0.337 e. The summed E-state index contributed by atoms with van der Waals surface area (Å²) in [5.74, 6) is -1.25. The molecule has 2 aromatic rings. The van der Waals surface area contributed by atoms with Crippen LogP contribution >= 0.6 is 23.5 Å². The number of ether oxygens (including phenoxy) is 2. The van der Waals surface area contributed by atoms with Gasteiger partial charge in [-0.1, -0.05) is 60.7 Å². The number of hydrogen-bond donors (Lipinski definition) is 0. The number of thioether (sulfide) groups is 2. The molecule has 0 radical (unpaired) electrons. The summed E-state index contributed by atoms with van der Waals surface area (Å²) in [5, 5.41) is 0. The van der Waals surface area contributed by atoms with Gasteiger partial charge in [0.05, 0.1) is 22.7 Å². The number of Topliss-reactive ketones (excluding diaryl/α,β-unsaturated/α-hetero) is 1. The number of carbonyl (C=O) groups excluding carboxylic acids is 1. The lowest BCUT2D eigenvalue weighted by Gasteiger charge is -2.53. The monoisotopic (exact) mass is 470 g/mol. The zero-order chi connectivity index (χ0) is 22.4. The van der Waals surface area contributed by atoms with Crippen LogP contribution in [0.4, 0.5) is 0 Å². The van der Waals surface area contributed by atoms with Gasteiger partial charge in [0, 0.05) is 21.0 Å². The van der Waals surface area contributed by atoms with Gasteiger partial charge >= 0.3 is 0 Å². The van der Waals surface area contributed by atoms with Crippen LogP contribution in [0.1, 0.15) is 25.0 Å². The van der Waals surface area contributed by atoms with E-state index in [9.17, 15) is 4.79 Å². The molecule has 0 unspecified atom stereocenters. The minimum Gasteiger partial charge on any atom is -0.337 e. The Kier molecular flexibility index (Phi) is 4.04. The quantitative estimate of drug-likeness (QED) is 0.537. The predicted octanol–water partition coefficient (Wildman–Crippen LogP) is 6.01. The van der Waals surface area contributed by atoms with E-state index >= 15 is 0 Å². The second kappa shape index (κ2) is 6.63. The van der Waals surface area contributed by atoms with E-state index in [4.69, 9.17) is 9.47 Å². The molecule has 3 aliphatic heterocycles. The summed E-state index contributed by atoms with van der Waals surface area (Å²) in [7, 11) is 0. The van der Waals surface area contributed by atoms with Crippen molar-refractivity contribution in [2.75, 3.05) is 13.2 Å². The molecule has 0 aromatic heterocycles. The summed E-state index contributed by atoms with van der Waals surface area (Å²) in [5.41, 5.74) is 6.42. The van der Waals surface area contributed by atoms with E-state index in [2.05, 4.69) is 74.5 Å². The maximum atomic E-state index is 13.6.